The van der Waals surface area contributed by atoms with Gasteiger partial charge in [-0.25, -0.2) is 0 Å². The van der Waals surface area contributed by atoms with Crippen LogP contribution in [0.15, 0.2) is 30.3 Å². The van der Waals surface area contributed by atoms with Gasteiger partial charge in [-0.3, -0.25) is 0 Å². The van der Waals surface area contributed by atoms with Gasteiger partial charge in [0.05, 0.1) is 0 Å². The van der Waals surface area contributed by atoms with Crippen molar-refractivity contribution >= 4 is 0 Å². The molecule has 1 aromatic carbocycles. The van der Waals surface area contributed by atoms with Crippen molar-refractivity contribution in [2.24, 2.45) is 5.73 Å². The van der Waals surface area contributed by atoms with Crippen LogP contribution in [0.1, 0.15) is 38.7 Å². The van der Waals surface area contributed by atoms with E-state index < -0.39 is 5.60 Å². The monoisotopic (exact) mass is 207 g/mol. The second kappa shape index (κ2) is 5.29. The van der Waals surface area contributed by atoms with Crippen LogP contribution in [-0.2, 0) is 5.60 Å². The van der Waals surface area contributed by atoms with Crippen LogP contribution < -0.4 is 5.73 Å². The number of benzene rings is 1. The van der Waals surface area contributed by atoms with E-state index in [1.165, 1.54) is 0 Å². The molecule has 84 valence electrons. The van der Waals surface area contributed by atoms with Crippen LogP contribution in [0.4, 0.5) is 0 Å². The molecule has 15 heavy (non-hydrogen) atoms. The second-order valence-corrected chi connectivity index (χ2v) is 4.18. The molecule has 2 heteroatoms. The minimum absolute atomic E-state index is 0.244. The van der Waals surface area contributed by atoms with Gasteiger partial charge < -0.3 is 10.8 Å². The zero-order chi connectivity index (χ0) is 11.3. The van der Waals surface area contributed by atoms with Gasteiger partial charge in [-0.1, -0.05) is 50.1 Å². The van der Waals surface area contributed by atoms with E-state index in [9.17, 15) is 5.11 Å². The highest BCUT2D eigenvalue weighted by atomic mass is 16.3. The molecule has 0 saturated heterocycles. The van der Waals surface area contributed by atoms with Gasteiger partial charge in [-0.05, 0) is 18.9 Å². The molecule has 1 rings (SSSR count). The van der Waals surface area contributed by atoms with Crippen LogP contribution in [0.3, 0.4) is 0 Å². The van der Waals surface area contributed by atoms with Crippen molar-refractivity contribution in [3.63, 3.8) is 0 Å². The van der Waals surface area contributed by atoms with Gasteiger partial charge >= 0.3 is 0 Å². The van der Waals surface area contributed by atoms with Crippen LogP contribution >= 0.6 is 0 Å². The molecule has 0 aromatic heterocycles. The Morgan fingerprint density at radius 1 is 1.33 bits per heavy atom. The molecule has 0 spiro atoms. The van der Waals surface area contributed by atoms with Crippen LogP contribution in [0.5, 0.6) is 0 Å². The van der Waals surface area contributed by atoms with E-state index >= 15 is 0 Å². The van der Waals surface area contributed by atoms with Crippen LogP contribution in [0.2, 0.25) is 0 Å². The Morgan fingerprint density at radius 2 is 1.93 bits per heavy atom. The zero-order valence-corrected chi connectivity index (χ0v) is 9.61. The van der Waals surface area contributed by atoms with Crippen molar-refractivity contribution in [2.45, 2.75) is 44.8 Å². The molecule has 0 radical (unpaired) electrons. The first kappa shape index (κ1) is 12.2. The molecule has 2 atom stereocenters. The lowest BCUT2D eigenvalue weighted by Gasteiger charge is -2.32. The second-order valence-electron chi connectivity index (χ2n) is 4.18. The highest BCUT2D eigenvalue weighted by molar-refractivity contribution is 5.23. The third kappa shape index (κ3) is 2.80. The summed E-state index contributed by atoms with van der Waals surface area (Å²) in [5.74, 6) is 0. The molecule has 0 saturated carbocycles. The van der Waals surface area contributed by atoms with Gasteiger partial charge in [0.25, 0.3) is 0 Å². The van der Waals surface area contributed by atoms with E-state index in [4.69, 9.17) is 5.73 Å². The Hall–Kier alpha value is -0.860. The fraction of sp³-hybridized carbons (Fsp3) is 0.538. The third-order valence-electron chi connectivity index (χ3n) is 2.94. The standard InChI is InChI=1S/C13H21NO/c1-3-4-10-13(15,11(2)14)12-8-6-5-7-9-12/h5-9,11,15H,3-4,10,14H2,1-2H3. The van der Waals surface area contributed by atoms with Crippen molar-refractivity contribution < 1.29 is 5.11 Å². The summed E-state index contributed by atoms with van der Waals surface area (Å²) in [5.41, 5.74) is 5.94. The van der Waals surface area contributed by atoms with E-state index in [2.05, 4.69) is 6.92 Å². The van der Waals surface area contributed by atoms with E-state index in [1.54, 1.807) is 0 Å². The number of nitrogens with two attached hydrogens (primary N) is 1. The maximum atomic E-state index is 10.6. The van der Waals surface area contributed by atoms with Gasteiger partial charge in [0, 0.05) is 6.04 Å². The first-order chi connectivity index (χ1) is 7.11. The lowest BCUT2D eigenvalue weighted by molar-refractivity contribution is 0.00431. The highest BCUT2D eigenvalue weighted by Gasteiger charge is 2.32. The zero-order valence-electron chi connectivity index (χ0n) is 9.61. The van der Waals surface area contributed by atoms with E-state index in [1.807, 2.05) is 37.3 Å². The predicted octanol–water partition coefficient (Wildman–Crippen LogP) is 2.41. The molecule has 2 nitrogen and oxygen atoms in total. The van der Waals surface area contributed by atoms with Gasteiger partial charge in [-0.2, -0.15) is 0 Å². The smallest absolute Gasteiger partial charge is 0.104 e. The number of unbranched alkanes of at least 4 members (excludes halogenated alkanes) is 1. The molecule has 0 fully saturated rings. The summed E-state index contributed by atoms with van der Waals surface area (Å²) in [7, 11) is 0. The summed E-state index contributed by atoms with van der Waals surface area (Å²) in [6.07, 6.45) is 2.79. The van der Waals surface area contributed by atoms with Crippen LogP contribution in [0.25, 0.3) is 0 Å². The van der Waals surface area contributed by atoms with Crippen molar-refractivity contribution in [1.29, 1.82) is 0 Å². The van der Waals surface area contributed by atoms with Gasteiger partial charge in [0.15, 0.2) is 0 Å². The third-order valence-corrected chi connectivity index (χ3v) is 2.94. The minimum Gasteiger partial charge on any atom is -0.384 e. The average Bonchev–Trinajstić information content (AvgIpc) is 2.27. The lowest BCUT2D eigenvalue weighted by Crippen LogP contribution is -2.43. The lowest BCUT2D eigenvalue weighted by atomic mass is 9.83. The molecule has 0 aliphatic heterocycles. The fourth-order valence-electron chi connectivity index (χ4n) is 1.81. The van der Waals surface area contributed by atoms with E-state index in [0.29, 0.717) is 0 Å². The Bertz CT molecular complexity index is 284. The molecule has 0 aliphatic rings. The molecule has 1 aromatic rings. The van der Waals surface area contributed by atoms with Gasteiger partial charge in [-0.15, -0.1) is 0 Å². The summed E-state index contributed by atoms with van der Waals surface area (Å²) in [4.78, 5) is 0. The summed E-state index contributed by atoms with van der Waals surface area (Å²) in [6, 6.07) is 9.47. The Balaban J connectivity index is 2.91. The van der Waals surface area contributed by atoms with Crippen molar-refractivity contribution in [1.82, 2.24) is 0 Å². The average molecular weight is 207 g/mol. The molecule has 0 heterocycles. The number of aliphatic hydroxyl groups is 1. The quantitative estimate of drug-likeness (QED) is 0.779. The molecule has 0 amide bonds. The SMILES string of the molecule is CCCCC(O)(c1ccccc1)C(C)N. The fourth-order valence-corrected chi connectivity index (χ4v) is 1.81. The first-order valence-corrected chi connectivity index (χ1v) is 5.64. The Kier molecular flexibility index (Phi) is 4.30. The molecule has 3 N–H and O–H groups in total. The first-order valence-electron chi connectivity index (χ1n) is 5.64. The molecule has 2 unspecified atom stereocenters. The Labute approximate surface area is 92.1 Å². The molecule has 0 aliphatic carbocycles. The van der Waals surface area contributed by atoms with Crippen molar-refractivity contribution in [3.8, 4) is 0 Å². The highest BCUT2D eigenvalue weighted by Crippen LogP contribution is 2.29. The van der Waals surface area contributed by atoms with Gasteiger partial charge in [0.1, 0.15) is 5.60 Å². The number of hydrogen-bond donors (Lipinski definition) is 2. The minimum atomic E-state index is -0.878. The van der Waals surface area contributed by atoms with Crippen molar-refractivity contribution in [3.05, 3.63) is 35.9 Å². The maximum absolute atomic E-state index is 10.6. The maximum Gasteiger partial charge on any atom is 0.104 e. The van der Waals surface area contributed by atoms with Crippen LogP contribution in [-0.4, -0.2) is 11.1 Å². The summed E-state index contributed by atoms with van der Waals surface area (Å²) >= 11 is 0. The van der Waals surface area contributed by atoms with Crippen LogP contribution in [0, 0.1) is 0 Å². The number of hydrogen-bond acceptors (Lipinski definition) is 2. The number of rotatable bonds is 5. The predicted molar refractivity (Wildman–Crippen MR) is 63.5 cm³/mol. The van der Waals surface area contributed by atoms with Gasteiger partial charge in [0.2, 0.25) is 0 Å². The summed E-state index contributed by atoms with van der Waals surface area (Å²) < 4.78 is 0. The molecule has 0 bridgehead atoms. The summed E-state index contributed by atoms with van der Waals surface area (Å²) in [6.45, 7) is 3.98. The largest absolute Gasteiger partial charge is 0.384 e. The Morgan fingerprint density at radius 3 is 2.40 bits per heavy atom. The normalized spacial score (nSPS) is 17.1. The molecular weight excluding hydrogens is 186 g/mol. The van der Waals surface area contributed by atoms with E-state index in [-0.39, 0.29) is 6.04 Å². The molecular formula is C13H21NO. The summed E-state index contributed by atoms with van der Waals surface area (Å²) in [5, 5.41) is 10.6. The van der Waals surface area contributed by atoms with Crippen molar-refractivity contribution in [2.75, 3.05) is 0 Å². The van der Waals surface area contributed by atoms with E-state index in [0.717, 1.165) is 24.8 Å². The topological polar surface area (TPSA) is 46.2 Å².